The summed E-state index contributed by atoms with van der Waals surface area (Å²) in [5, 5.41) is 65.8. The molecule has 10 amide bonds. The molecule has 1 aromatic rings. The Hall–Kier alpha value is -7.46. The number of benzene rings is 1. The Bertz CT molecular complexity index is 2210. The van der Waals surface area contributed by atoms with Crippen molar-refractivity contribution in [3.8, 4) is 5.75 Å². The monoisotopic (exact) mass is 1060 g/mol. The molecule has 1 heterocycles. The number of carbonyl (C=O) groups excluding carboxylic acids is 10. The number of aliphatic carboxylic acids is 2. The Morgan fingerprint density at radius 1 is 0.627 bits per heavy atom. The number of carboxylic acids is 2. The lowest BCUT2D eigenvalue weighted by Crippen LogP contribution is -2.61. The van der Waals surface area contributed by atoms with E-state index < -0.39 is 157 Å². The maximum Gasteiger partial charge on any atom is 0.328 e. The van der Waals surface area contributed by atoms with Crippen molar-refractivity contribution in [1.29, 1.82) is 0 Å². The molecule has 75 heavy (non-hydrogen) atoms. The van der Waals surface area contributed by atoms with E-state index in [1.54, 1.807) is 27.7 Å². The van der Waals surface area contributed by atoms with Gasteiger partial charge in [0, 0.05) is 25.8 Å². The van der Waals surface area contributed by atoms with Gasteiger partial charge in [0.05, 0.1) is 25.2 Å². The molecule has 0 aromatic heterocycles. The highest BCUT2D eigenvalue weighted by molar-refractivity contribution is 5.99. The summed E-state index contributed by atoms with van der Waals surface area (Å²) in [6.07, 6.45) is -3.83. The van der Waals surface area contributed by atoms with Gasteiger partial charge in [0.2, 0.25) is 59.1 Å². The van der Waals surface area contributed by atoms with E-state index in [2.05, 4.69) is 37.2 Å². The standard InChI is InChI=1S/C47H73N11O17/c1-22(2)17-29(43(70)57-38(24(5)60)47(74)75)54-45(72)34-7-6-16-58(34)46(73)32(18-23(3)4)55-41(68)30(19-25-8-10-26(61)11-9-25)52-42(69)31(20-37(64)65)53-44(71)33(21-59)56-40(67)28(13-15-36(50)63)51-39(66)27(48)12-14-35(49)62/h8-11,22-24,27-34,38,59-61H,6-7,12-21,48H2,1-5H3,(H2,49,62)(H2,50,63)(H,51,66)(H,52,69)(H,53,71)(H,54,72)(H,55,68)(H,56,67)(H,57,70)(H,64,65)(H,74,75)/t24-,27+,28+,29+,30+,31+,32+,33+,34+,38+/m1/s1. The van der Waals surface area contributed by atoms with Crippen molar-refractivity contribution in [2.75, 3.05) is 13.2 Å². The molecule has 10 atom stereocenters. The Morgan fingerprint density at radius 2 is 1.11 bits per heavy atom. The van der Waals surface area contributed by atoms with E-state index in [0.717, 1.165) is 0 Å². The first-order valence-corrected chi connectivity index (χ1v) is 24.3. The van der Waals surface area contributed by atoms with Crippen LogP contribution in [0.4, 0.5) is 0 Å². The Labute approximate surface area is 432 Å². The lowest BCUT2D eigenvalue weighted by molar-refractivity contribution is -0.146. The third-order valence-corrected chi connectivity index (χ3v) is 11.7. The molecule has 18 N–H and O–H groups in total. The van der Waals surface area contributed by atoms with Gasteiger partial charge in [-0.25, -0.2) is 4.79 Å². The number of nitrogens with one attached hydrogen (secondary N) is 7. The lowest BCUT2D eigenvalue weighted by Gasteiger charge is -2.32. The summed E-state index contributed by atoms with van der Waals surface area (Å²) in [6, 6.07) is -8.61. The number of nitrogens with two attached hydrogens (primary N) is 3. The fraction of sp³-hybridized carbons (Fsp3) is 0.617. The summed E-state index contributed by atoms with van der Waals surface area (Å²) in [5.74, 6) is -13.5. The number of hydrogen-bond donors (Lipinski definition) is 15. The number of primary amides is 2. The molecular weight excluding hydrogens is 991 g/mol. The topological polar surface area (TPSA) is 471 Å². The van der Waals surface area contributed by atoms with E-state index in [1.165, 1.54) is 36.1 Å². The van der Waals surface area contributed by atoms with Crippen LogP contribution in [0.1, 0.15) is 98.0 Å². The zero-order valence-electron chi connectivity index (χ0n) is 42.5. The quantitative estimate of drug-likeness (QED) is 0.0322. The van der Waals surface area contributed by atoms with Crippen LogP contribution in [0.3, 0.4) is 0 Å². The SMILES string of the molecule is CC(C)C[C@H](NC(=O)[C@@H]1CCCN1C(=O)[C@H](CC(C)C)NC(=O)[C@H](Cc1ccc(O)cc1)NC(=O)[C@H](CC(=O)O)NC(=O)[C@H](CO)NC(=O)[C@H](CCC(N)=O)NC(=O)[C@@H](N)CCC(N)=O)C(=O)N[C@H](C(=O)O)[C@@H](C)O. The number of carboxylic acid groups (broad SMARTS) is 2. The third-order valence-electron chi connectivity index (χ3n) is 11.7. The number of phenolic OH excluding ortho intramolecular Hbond substituents is 1. The number of likely N-dealkylation sites (tertiary alicyclic amines) is 1. The normalized spacial score (nSPS) is 16.8. The molecule has 0 bridgehead atoms. The Morgan fingerprint density at radius 3 is 1.64 bits per heavy atom. The molecule has 1 saturated heterocycles. The summed E-state index contributed by atoms with van der Waals surface area (Å²) in [6.45, 7) is 7.05. The highest BCUT2D eigenvalue weighted by Crippen LogP contribution is 2.22. The minimum atomic E-state index is -2.01. The first kappa shape index (κ1) is 63.7. The highest BCUT2D eigenvalue weighted by atomic mass is 16.4. The van der Waals surface area contributed by atoms with E-state index >= 15 is 0 Å². The molecule has 0 unspecified atom stereocenters. The number of aliphatic hydroxyl groups is 2. The van der Waals surface area contributed by atoms with Gasteiger partial charge < -0.3 is 84.9 Å². The van der Waals surface area contributed by atoms with E-state index in [1.807, 2.05) is 0 Å². The maximum absolute atomic E-state index is 14.4. The van der Waals surface area contributed by atoms with Crippen molar-refractivity contribution in [2.24, 2.45) is 29.0 Å². The minimum absolute atomic E-state index is 0.00921. The largest absolute Gasteiger partial charge is 0.508 e. The van der Waals surface area contributed by atoms with Gasteiger partial charge in [0.15, 0.2) is 6.04 Å². The van der Waals surface area contributed by atoms with Crippen LogP contribution in [-0.2, 0) is 64.0 Å². The average molecular weight is 1060 g/mol. The van der Waals surface area contributed by atoms with Crippen molar-refractivity contribution in [1.82, 2.24) is 42.1 Å². The first-order chi connectivity index (χ1) is 35.0. The number of rotatable bonds is 32. The second-order valence-corrected chi connectivity index (χ2v) is 19.1. The van der Waals surface area contributed by atoms with Crippen LogP contribution in [-0.4, -0.2) is 175 Å². The Balaban J connectivity index is 2.44. The molecule has 1 aliphatic rings. The van der Waals surface area contributed by atoms with Gasteiger partial charge in [0.25, 0.3) is 0 Å². The maximum atomic E-state index is 14.4. The number of hydrogen-bond acceptors (Lipinski definition) is 16. The smallest absolute Gasteiger partial charge is 0.328 e. The van der Waals surface area contributed by atoms with Crippen LogP contribution in [0.2, 0.25) is 0 Å². The summed E-state index contributed by atoms with van der Waals surface area (Å²) in [7, 11) is 0. The molecule has 28 nitrogen and oxygen atoms in total. The van der Waals surface area contributed by atoms with E-state index in [0.29, 0.717) is 12.0 Å². The number of aliphatic hydroxyl groups excluding tert-OH is 2. The molecule has 418 valence electrons. The zero-order chi connectivity index (χ0) is 56.9. The van der Waals surface area contributed by atoms with Crippen LogP contribution < -0.4 is 54.4 Å². The predicted molar refractivity (Wildman–Crippen MR) is 262 cm³/mol. The molecule has 0 radical (unpaired) electrons. The van der Waals surface area contributed by atoms with Crippen molar-refractivity contribution in [3.05, 3.63) is 29.8 Å². The summed E-state index contributed by atoms with van der Waals surface area (Å²) in [5.41, 5.74) is 16.5. The number of amides is 10. The summed E-state index contributed by atoms with van der Waals surface area (Å²) >= 11 is 0. The molecule has 1 aliphatic heterocycles. The van der Waals surface area contributed by atoms with Crippen molar-refractivity contribution in [3.63, 3.8) is 0 Å². The molecule has 1 fully saturated rings. The lowest BCUT2D eigenvalue weighted by atomic mass is 9.99. The molecule has 28 heteroatoms. The second kappa shape index (κ2) is 30.7. The van der Waals surface area contributed by atoms with Gasteiger partial charge in [-0.15, -0.1) is 0 Å². The van der Waals surface area contributed by atoms with Gasteiger partial charge in [-0.05, 0) is 75.0 Å². The van der Waals surface area contributed by atoms with Gasteiger partial charge in [0.1, 0.15) is 48.0 Å². The van der Waals surface area contributed by atoms with Crippen LogP contribution in [0.25, 0.3) is 0 Å². The number of phenols is 1. The van der Waals surface area contributed by atoms with Crippen LogP contribution in [0, 0.1) is 11.8 Å². The number of nitrogens with zero attached hydrogens (tertiary/aromatic N) is 1. The van der Waals surface area contributed by atoms with Gasteiger partial charge in [-0.2, -0.15) is 0 Å². The molecule has 0 aliphatic carbocycles. The minimum Gasteiger partial charge on any atom is -0.508 e. The Kier molecular flexibility index (Phi) is 26.0. The fourth-order valence-corrected chi connectivity index (χ4v) is 7.82. The zero-order valence-corrected chi connectivity index (χ0v) is 42.5. The molecule has 0 spiro atoms. The summed E-state index contributed by atoms with van der Waals surface area (Å²) < 4.78 is 0. The molecule has 1 aromatic carbocycles. The van der Waals surface area contributed by atoms with Crippen LogP contribution in [0.5, 0.6) is 5.75 Å². The van der Waals surface area contributed by atoms with Gasteiger partial charge in [-0.1, -0.05) is 39.8 Å². The highest BCUT2D eigenvalue weighted by Gasteiger charge is 2.41. The number of carbonyl (C=O) groups is 12. The van der Waals surface area contributed by atoms with Gasteiger partial charge in [-0.3, -0.25) is 52.7 Å². The van der Waals surface area contributed by atoms with Crippen LogP contribution in [0.15, 0.2) is 24.3 Å². The fourth-order valence-electron chi connectivity index (χ4n) is 7.82. The molecule has 2 rings (SSSR count). The van der Waals surface area contributed by atoms with E-state index in [4.69, 9.17) is 17.2 Å². The average Bonchev–Trinajstić information content (AvgIpc) is 3.82. The van der Waals surface area contributed by atoms with Crippen molar-refractivity contribution in [2.45, 2.75) is 159 Å². The third kappa shape index (κ3) is 21.9. The molecule has 0 saturated carbocycles. The second-order valence-electron chi connectivity index (χ2n) is 19.1. The predicted octanol–water partition coefficient (Wildman–Crippen LogP) is -4.80. The van der Waals surface area contributed by atoms with Crippen molar-refractivity contribution >= 4 is 71.0 Å². The summed E-state index contributed by atoms with van der Waals surface area (Å²) in [4.78, 5) is 157. The molecular formula is C47H73N11O17. The first-order valence-electron chi connectivity index (χ1n) is 24.3. The van der Waals surface area contributed by atoms with Gasteiger partial charge >= 0.3 is 11.9 Å². The van der Waals surface area contributed by atoms with Crippen LogP contribution >= 0.6 is 0 Å². The van der Waals surface area contributed by atoms with E-state index in [-0.39, 0.29) is 62.7 Å². The van der Waals surface area contributed by atoms with Crippen molar-refractivity contribution < 1.29 is 83.1 Å². The number of aromatic hydroxyl groups is 1. The van der Waals surface area contributed by atoms with E-state index in [9.17, 15) is 83.1 Å².